The van der Waals surface area contributed by atoms with E-state index in [-0.39, 0.29) is 30.2 Å². The van der Waals surface area contributed by atoms with Gasteiger partial charge in [0.15, 0.2) is 0 Å². The van der Waals surface area contributed by atoms with Gasteiger partial charge in [-0.15, -0.1) is 0 Å². The average Bonchev–Trinajstić information content (AvgIpc) is 3.56. The summed E-state index contributed by atoms with van der Waals surface area (Å²) < 4.78 is 13.6. The zero-order chi connectivity index (χ0) is 22.0. The summed E-state index contributed by atoms with van der Waals surface area (Å²) in [7, 11) is 0. The molecule has 0 saturated heterocycles. The summed E-state index contributed by atoms with van der Waals surface area (Å²) in [6, 6.07) is 14.2. The van der Waals surface area contributed by atoms with Crippen molar-refractivity contribution in [2.45, 2.75) is 44.6 Å². The first-order chi connectivity index (χ1) is 14.9. The Labute approximate surface area is 180 Å². The van der Waals surface area contributed by atoms with Gasteiger partial charge in [-0.1, -0.05) is 42.5 Å². The van der Waals surface area contributed by atoms with Crippen LogP contribution in [-0.4, -0.2) is 27.8 Å². The van der Waals surface area contributed by atoms with Crippen molar-refractivity contribution in [1.29, 1.82) is 0 Å². The minimum atomic E-state index is -0.994. The summed E-state index contributed by atoms with van der Waals surface area (Å²) in [5, 5.41) is 11.3. The molecule has 0 spiro atoms. The third kappa shape index (κ3) is 4.94. The molecule has 1 heterocycles. The number of nitrogens with zero attached hydrogens (tertiary/aromatic N) is 1. The van der Waals surface area contributed by atoms with Gasteiger partial charge >= 0.3 is 0 Å². The van der Waals surface area contributed by atoms with Crippen LogP contribution in [0.15, 0.2) is 54.6 Å². The molecule has 3 aromatic rings. The van der Waals surface area contributed by atoms with Crippen molar-refractivity contribution < 1.29 is 19.1 Å². The SMILES string of the molecule is CC(=O)CC(=O)C[C@H](O)/C=C/c1c(C2CC2)nc2ccccc2c1-c1ccc(F)cc1. The standard InChI is InChI=1S/C26H24FNO3/c1-16(29)14-21(31)15-20(30)12-13-23-25(17-8-10-19(27)11-9-17)22-4-2-3-5-24(22)28-26(23)18-6-7-18/h2-5,8-13,18,20,30H,6-7,14-15H2,1H3/b13-12+/t20-/m1/s1. The van der Waals surface area contributed by atoms with E-state index in [4.69, 9.17) is 4.98 Å². The maximum atomic E-state index is 13.6. The number of Topliss-reactive ketones (excluding diaryl/α,β-unsaturated/α-hetero) is 2. The number of hydrogen-bond donors (Lipinski definition) is 1. The van der Waals surface area contributed by atoms with Crippen LogP contribution in [0.4, 0.5) is 4.39 Å². The third-order valence-corrected chi connectivity index (χ3v) is 5.42. The smallest absolute Gasteiger partial charge is 0.143 e. The van der Waals surface area contributed by atoms with Crippen LogP contribution in [0, 0.1) is 5.82 Å². The fourth-order valence-corrected chi connectivity index (χ4v) is 3.87. The second kappa shape index (κ2) is 8.90. The van der Waals surface area contributed by atoms with Gasteiger partial charge in [0.25, 0.3) is 0 Å². The maximum absolute atomic E-state index is 13.6. The van der Waals surface area contributed by atoms with Crippen molar-refractivity contribution in [3.8, 4) is 11.1 Å². The fourth-order valence-electron chi connectivity index (χ4n) is 3.87. The quantitative estimate of drug-likeness (QED) is 0.510. The molecule has 0 unspecified atom stereocenters. The number of fused-ring (bicyclic) bond motifs is 1. The molecule has 0 bridgehead atoms. The molecular weight excluding hydrogens is 393 g/mol. The molecule has 4 nitrogen and oxygen atoms in total. The Morgan fingerprint density at radius 3 is 2.55 bits per heavy atom. The number of rotatable bonds is 8. The van der Waals surface area contributed by atoms with E-state index in [1.54, 1.807) is 18.2 Å². The molecule has 0 radical (unpaired) electrons. The number of carbonyl (C=O) groups is 2. The monoisotopic (exact) mass is 417 g/mol. The molecular formula is C26H24FNO3. The summed E-state index contributed by atoms with van der Waals surface area (Å²) in [6.45, 7) is 1.36. The van der Waals surface area contributed by atoms with E-state index >= 15 is 0 Å². The largest absolute Gasteiger partial charge is 0.389 e. The molecule has 1 N–H and O–H groups in total. The van der Waals surface area contributed by atoms with E-state index in [9.17, 15) is 19.1 Å². The van der Waals surface area contributed by atoms with Crippen molar-refractivity contribution in [3.63, 3.8) is 0 Å². The molecule has 1 atom stereocenters. The normalized spacial score (nSPS) is 14.8. The van der Waals surface area contributed by atoms with Crippen LogP contribution < -0.4 is 0 Å². The zero-order valence-corrected chi connectivity index (χ0v) is 17.3. The van der Waals surface area contributed by atoms with Crippen molar-refractivity contribution >= 4 is 28.5 Å². The number of hydrogen-bond acceptors (Lipinski definition) is 4. The molecule has 1 saturated carbocycles. The first kappa shape index (κ1) is 21.1. The van der Waals surface area contributed by atoms with Crippen LogP contribution in [0.1, 0.15) is 49.8 Å². The van der Waals surface area contributed by atoms with Crippen LogP contribution in [-0.2, 0) is 9.59 Å². The summed E-state index contributed by atoms with van der Waals surface area (Å²) in [4.78, 5) is 27.9. The van der Waals surface area contributed by atoms with E-state index in [1.807, 2.05) is 30.3 Å². The Kier molecular flexibility index (Phi) is 6.05. The van der Waals surface area contributed by atoms with Gasteiger partial charge in [-0.25, -0.2) is 4.39 Å². The Morgan fingerprint density at radius 1 is 1.16 bits per heavy atom. The van der Waals surface area contributed by atoms with Crippen molar-refractivity contribution in [1.82, 2.24) is 4.98 Å². The molecule has 5 heteroatoms. The van der Waals surface area contributed by atoms with Crippen LogP contribution >= 0.6 is 0 Å². The lowest BCUT2D eigenvalue weighted by molar-refractivity contribution is -0.126. The van der Waals surface area contributed by atoms with Gasteiger partial charge in [-0.05, 0) is 43.5 Å². The van der Waals surface area contributed by atoms with E-state index < -0.39 is 6.10 Å². The summed E-state index contributed by atoms with van der Waals surface area (Å²) >= 11 is 0. The van der Waals surface area contributed by atoms with Crippen LogP contribution in [0.5, 0.6) is 0 Å². The van der Waals surface area contributed by atoms with Crippen molar-refractivity contribution in [2.75, 3.05) is 0 Å². The second-order valence-electron chi connectivity index (χ2n) is 8.13. The summed E-state index contributed by atoms with van der Waals surface area (Å²) in [6.07, 6.45) is 4.23. The van der Waals surface area contributed by atoms with E-state index in [1.165, 1.54) is 19.1 Å². The minimum absolute atomic E-state index is 0.109. The third-order valence-electron chi connectivity index (χ3n) is 5.42. The second-order valence-corrected chi connectivity index (χ2v) is 8.13. The van der Waals surface area contributed by atoms with Gasteiger partial charge in [0.1, 0.15) is 17.4 Å². The molecule has 1 aliphatic rings. The Bertz CT molecular complexity index is 1160. The highest BCUT2D eigenvalue weighted by Crippen LogP contribution is 2.45. The van der Waals surface area contributed by atoms with Crippen LogP contribution in [0.2, 0.25) is 0 Å². The Hall–Kier alpha value is -3.18. The highest BCUT2D eigenvalue weighted by atomic mass is 19.1. The number of ketones is 2. The van der Waals surface area contributed by atoms with Gasteiger partial charge in [-0.3, -0.25) is 14.6 Å². The number of carbonyl (C=O) groups excluding carboxylic acids is 2. The number of halogens is 1. The fraction of sp³-hybridized carbons (Fsp3) is 0.269. The van der Waals surface area contributed by atoms with Crippen LogP contribution in [0.3, 0.4) is 0 Å². The van der Waals surface area contributed by atoms with Crippen LogP contribution in [0.25, 0.3) is 28.1 Å². The molecule has 1 fully saturated rings. The van der Waals surface area contributed by atoms with Gasteiger partial charge < -0.3 is 5.11 Å². The molecule has 31 heavy (non-hydrogen) atoms. The van der Waals surface area contributed by atoms with Crippen molar-refractivity contribution in [3.05, 3.63) is 71.7 Å². The molecule has 1 aliphatic carbocycles. The van der Waals surface area contributed by atoms with E-state index in [0.717, 1.165) is 46.1 Å². The van der Waals surface area contributed by atoms with E-state index in [2.05, 4.69) is 0 Å². The lowest BCUT2D eigenvalue weighted by Gasteiger charge is -2.16. The Morgan fingerprint density at radius 2 is 1.87 bits per heavy atom. The molecule has 0 amide bonds. The zero-order valence-electron chi connectivity index (χ0n) is 17.3. The predicted octanol–water partition coefficient (Wildman–Crippen LogP) is 5.23. The highest BCUT2D eigenvalue weighted by Gasteiger charge is 2.29. The van der Waals surface area contributed by atoms with Crippen molar-refractivity contribution in [2.24, 2.45) is 0 Å². The number of aliphatic hydroxyl groups is 1. The summed E-state index contributed by atoms with van der Waals surface area (Å²) in [5.41, 5.74) is 4.51. The molecule has 0 aliphatic heterocycles. The molecule has 1 aromatic heterocycles. The van der Waals surface area contributed by atoms with Gasteiger partial charge in [0, 0.05) is 28.9 Å². The van der Waals surface area contributed by atoms with Gasteiger partial charge in [0.2, 0.25) is 0 Å². The topological polar surface area (TPSA) is 67.3 Å². The molecule has 158 valence electrons. The lowest BCUT2D eigenvalue weighted by atomic mass is 9.92. The lowest BCUT2D eigenvalue weighted by Crippen LogP contribution is -2.13. The summed E-state index contributed by atoms with van der Waals surface area (Å²) in [5.74, 6) is -0.460. The number of aromatic nitrogens is 1. The number of pyridine rings is 1. The minimum Gasteiger partial charge on any atom is -0.389 e. The maximum Gasteiger partial charge on any atom is 0.143 e. The first-order valence-corrected chi connectivity index (χ1v) is 10.5. The predicted molar refractivity (Wildman–Crippen MR) is 119 cm³/mol. The highest BCUT2D eigenvalue weighted by molar-refractivity contribution is 6.00. The van der Waals surface area contributed by atoms with E-state index in [0.29, 0.717) is 5.92 Å². The number of aliphatic hydroxyl groups excluding tert-OH is 1. The van der Waals surface area contributed by atoms with Gasteiger partial charge in [0.05, 0.1) is 23.7 Å². The number of para-hydroxylation sites is 1. The van der Waals surface area contributed by atoms with Gasteiger partial charge in [-0.2, -0.15) is 0 Å². The molecule has 2 aromatic carbocycles. The molecule has 4 rings (SSSR count). The first-order valence-electron chi connectivity index (χ1n) is 10.5. The average molecular weight is 417 g/mol. The number of benzene rings is 2. The Balaban J connectivity index is 1.80.